The summed E-state index contributed by atoms with van der Waals surface area (Å²) >= 11 is 0. The van der Waals surface area contributed by atoms with Crippen molar-refractivity contribution in [2.75, 3.05) is 13.1 Å². The van der Waals surface area contributed by atoms with Crippen LogP contribution in [0.1, 0.15) is 26.2 Å². The van der Waals surface area contributed by atoms with Gasteiger partial charge in [-0.25, -0.2) is 20.4 Å². The number of likely N-dealkylation sites (N-methyl/N-ethyl adjacent to an activating group) is 1. The van der Waals surface area contributed by atoms with Gasteiger partial charge in [0.25, 0.3) is 0 Å². The van der Waals surface area contributed by atoms with Crippen molar-refractivity contribution in [2.24, 2.45) is 5.73 Å². The number of carbonyl (C=O) groups excluding carboxylic acids is 2. The minimum Gasteiger partial charge on any atom is -0.480 e. The Morgan fingerprint density at radius 2 is 1.78 bits per heavy atom. The largest absolute Gasteiger partial charge is 0.480 e. The Hall–Kier alpha value is -1.85. The standard InChI is InChI=1S/C8H18N2O2.2CHNO/c1-2-10-7(8(11)12)5-3-4-6-9;2*2-1-3/h7,10H,2-6,9H2,1H3,(H,11,12);2*2H. The van der Waals surface area contributed by atoms with Crippen LogP contribution < -0.4 is 11.1 Å². The van der Waals surface area contributed by atoms with Crippen LogP contribution >= 0.6 is 0 Å². The molecule has 0 aromatic carbocycles. The molecule has 8 heteroatoms. The van der Waals surface area contributed by atoms with Gasteiger partial charge in [-0.3, -0.25) is 4.79 Å². The maximum atomic E-state index is 10.6. The van der Waals surface area contributed by atoms with Crippen LogP contribution in [0.2, 0.25) is 0 Å². The van der Waals surface area contributed by atoms with Crippen molar-refractivity contribution in [2.45, 2.75) is 32.2 Å². The number of rotatable bonds is 7. The first kappa shape index (κ1) is 21.4. The lowest BCUT2D eigenvalue weighted by Gasteiger charge is -2.11. The van der Waals surface area contributed by atoms with Gasteiger partial charge >= 0.3 is 5.97 Å². The van der Waals surface area contributed by atoms with Crippen LogP contribution in [0, 0.1) is 10.8 Å². The number of unbranched alkanes of at least 4 members (excludes halogenated alkanes) is 1. The van der Waals surface area contributed by atoms with Gasteiger partial charge in [0.15, 0.2) is 0 Å². The molecule has 0 spiro atoms. The van der Waals surface area contributed by atoms with E-state index in [9.17, 15) is 4.79 Å². The third-order valence-electron chi connectivity index (χ3n) is 1.70. The molecule has 0 aliphatic heterocycles. The lowest BCUT2D eigenvalue weighted by atomic mass is 10.1. The highest BCUT2D eigenvalue weighted by Crippen LogP contribution is 1.99. The fourth-order valence-corrected chi connectivity index (χ4v) is 1.05. The summed E-state index contributed by atoms with van der Waals surface area (Å²) in [5.41, 5.74) is 5.30. The van der Waals surface area contributed by atoms with Crippen molar-refractivity contribution in [3.8, 4) is 0 Å². The van der Waals surface area contributed by atoms with E-state index in [-0.39, 0.29) is 0 Å². The van der Waals surface area contributed by atoms with Gasteiger partial charge in [-0.2, -0.15) is 0 Å². The number of nitrogens with two attached hydrogens (primary N) is 1. The van der Waals surface area contributed by atoms with Crippen LogP contribution in [0.25, 0.3) is 0 Å². The average Bonchev–Trinajstić information content (AvgIpc) is 2.30. The molecule has 0 aromatic rings. The van der Waals surface area contributed by atoms with Crippen LogP contribution in [0.5, 0.6) is 0 Å². The third-order valence-corrected chi connectivity index (χ3v) is 1.70. The molecule has 8 nitrogen and oxygen atoms in total. The predicted molar refractivity (Wildman–Crippen MR) is 64.8 cm³/mol. The minimum atomic E-state index is -0.770. The Bertz CT molecular complexity index is 247. The van der Waals surface area contributed by atoms with Crippen molar-refractivity contribution in [1.29, 1.82) is 10.8 Å². The Balaban J connectivity index is -0.000000315. The van der Waals surface area contributed by atoms with Gasteiger partial charge < -0.3 is 16.2 Å². The summed E-state index contributed by atoms with van der Waals surface area (Å²) in [6.07, 6.45) is 3.94. The maximum Gasteiger partial charge on any atom is 0.320 e. The van der Waals surface area contributed by atoms with E-state index in [1.165, 1.54) is 0 Å². The molecule has 18 heavy (non-hydrogen) atoms. The summed E-state index contributed by atoms with van der Waals surface area (Å²) in [7, 11) is 0. The van der Waals surface area contributed by atoms with E-state index in [4.69, 9.17) is 31.2 Å². The Morgan fingerprint density at radius 1 is 1.33 bits per heavy atom. The van der Waals surface area contributed by atoms with Gasteiger partial charge in [-0.1, -0.05) is 13.3 Å². The highest BCUT2D eigenvalue weighted by Gasteiger charge is 2.14. The highest BCUT2D eigenvalue weighted by molar-refractivity contribution is 5.73. The number of aliphatic carboxylic acids is 1. The lowest BCUT2D eigenvalue weighted by Crippen LogP contribution is -2.36. The SMILES string of the molecule is CCNC(CCCCN)C(=O)O.N=C=O.N=C=O. The van der Waals surface area contributed by atoms with Crippen LogP contribution in [-0.2, 0) is 14.4 Å². The summed E-state index contributed by atoms with van der Waals surface area (Å²) < 4.78 is 0. The van der Waals surface area contributed by atoms with Crippen LogP contribution in [0.3, 0.4) is 0 Å². The van der Waals surface area contributed by atoms with Crippen molar-refractivity contribution in [3.63, 3.8) is 0 Å². The molecule has 0 bridgehead atoms. The molecule has 0 saturated heterocycles. The van der Waals surface area contributed by atoms with Crippen molar-refractivity contribution >= 4 is 18.1 Å². The molecular formula is C10H20N4O4. The van der Waals surface area contributed by atoms with Crippen LogP contribution in [0.4, 0.5) is 0 Å². The van der Waals surface area contributed by atoms with E-state index >= 15 is 0 Å². The zero-order chi connectivity index (χ0) is 14.8. The molecule has 0 radical (unpaired) electrons. The van der Waals surface area contributed by atoms with E-state index in [1.807, 2.05) is 6.92 Å². The molecule has 0 heterocycles. The van der Waals surface area contributed by atoms with Crippen molar-refractivity contribution in [3.05, 3.63) is 0 Å². The van der Waals surface area contributed by atoms with Crippen LogP contribution in [-0.4, -0.2) is 42.4 Å². The fourth-order valence-electron chi connectivity index (χ4n) is 1.05. The van der Waals surface area contributed by atoms with Gasteiger partial charge in [-0.15, -0.1) is 0 Å². The van der Waals surface area contributed by atoms with Crippen LogP contribution in [0.15, 0.2) is 0 Å². The molecule has 0 aromatic heterocycles. The second kappa shape index (κ2) is 20.5. The van der Waals surface area contributed by atoms with Crippen molar-refractivity contribution in [1.82, 2.24) is 5.32 Å². The van der Waals surface area contributed by atoms with E-state index in [0.29, 0.717) is 19.5 Å². The monoisotopic (exact) mass is 260 g/mol. The number of nitrogens with one attached hydrogen (secondary N) is 3. The Labute approximate surface area is 106 Å². The van der Waals surface area contributed by atoms with E-state index in [2.05, 4.69) is 5.32 Å². The lowest BCUT2D eigenvalue weighted by molar-refractivity contribution is -0.139. The summed E-state index contributed by atoms with van der Waals surface area (Å²) in [5, 5.41) is 22.4. The molecule has 1 atom stereocenters. The van der Waals surface area contributed by atoms with Gasteiger partial charge in [0.1, 0.15) is 6.04 Å². The van der Waals surface area contributed by atoms with Gasteiger partial charge in [0.05, 0.1) is 0 Å². The fraction of sp³-hybridized carbons (Fsp3) is 0.700. The number of carboxylic acid groups (broad SMARTS) is 1. The smallest absolute Gasteiger partial charge is 0.320 e. The molecule has 0 fully saturated rings. The minimum absolute atomic E-state index is 0.401. The molecular weight excluding hydrogens is 240 g/mol. The second-order valence-electron chi connectivity index (χ2n) is 2.94. The highest BCUT2D eigenvalue weighted by atomic mass is 16.4. The first-order chi connectivity index (χ1) is 8.55. The number of hydrogen-bond acceptors (Lipinski definition) is 7. The third kappa shape index (κ3) is 23.8. The average molecular weight is 260 g/mol. The number of carboxylic acids is 1. The second-order valence-corrected chi connectivity index (χ2v) is 2.94. The number of carbonyl (C=O) groups is 1. The molecule has 0 saturated carbocycles. The summed E-state index contributed by atoms with van der Waals surface area (Å²) in [6.45, 7) is 3.23. The van der Waals surface area contributed by atoms with Gasteiger partial charge in [0.2, 0.25) is 12.2 Å². The first-order valence-corrected chi connectivity index (χ1v) is 5.29. The molecule has 1 unspecified atom stereocenters. The molecule has 0 aliphatic carbocycles. The zero-order valence-electron chi connectivity index (χ0n) is 10.4. The quantitative estimate of drug-likeness (QED) is 0.246. The summed E-state index contributed by atoms with van der Waals surface area (Å²) in [5.74, 6) is -0.770. The normalized spacial score (nSPS) is 9.44. The zero-order valence-corrected chi connectivity index (χ0v) is 10.4. The topological polar surface area (TPSA) is 157 Å². The number of hydrogen-bond donors (Lipinski definition) is 5. The van der Waals surface area contributed by atoms with E-state index in [0.717, 1.165) is 25.0 Å². The van der Waals surface area contributed by atoms with Gasteiger partial charge in [0, 0.05) is 0 Å². The Kier molecular flexibility index (Phi) is 24.5. The van der Waals surface area contributed by atoms with E-state index < -0.39 is 12.0 Å². The van der Waals surface area contributed by atoms with Gasteiger partial charge in [-0.05, 0) is 25.9 Å². The summed E-state index contributed by atoms with van der Waals surface area (Å²) in [6, 6.07) is -0.401. The van der Waals surface area contributed by atoms with E-state index in [1.54, 1.807) is 0 Å². The Morgan fingerprint density at radius 3 is 2.06 bits per heavy atom. The van der Waals surface area contributed by atoms with Crippen molar-refractivity contribution < 1.29 is 19.5 Å². The summed E-state index contributed by atoms with van der Waals surface area (Å²) in [4.78, 5) is 27.3. The number of isocyanates is 2. The molecule has 0 aliphatic rings. The molecule has 104 valence electrons. The first-order valence-electron chi connectivity index (χ1n) is 5.29. The predicted octanol–water partition coefficient (Wildman–Crippen LogP) is -0.0200. The maximum absolute atomic E-state index is 10.6. The molecule has 0 amide bonds. The molecule has 6 N–H and O–H groups in total. The molecule has 0 rings (SSSR count).